The van der Waals surface area contributed by atoms with Gasteiger partial charge in [-0.3, -0.25) is 10.1 Å². The van der Waals surface area contributed by atoms with Crippen LogP contribution in [0.15, 0.2) is 53.4 Å². The lowest BCUT2D eigenvalue weighted by Gasteiger charge is -2.44. The lowest BCUT2D eigenvalue weighted by Crippen LogP contribution is -2.59. The van der Waals surface area contributed by atoms with E-state index in [1.807, 2.05) is 18.7 Å². The summed E-state index contributed by atoms with van der Waals surface area (Å²) in [6.07, 6.45) is 0.936. The lowest BCUT2D eigenvalue weighted by molar-refractivity contribution is -0.134. The van der Waals surface area contributed by atoms with E-state index < -0.39 is 15.7 Å². The normalized spacial score (nSPS) is 21.6. The van der Waals surface area contributed by atoms with Gasteiger partial charge in [0, 0.05) is 24.7 Å². The van der Waals surface area contributed by atoms with Gasteiger partial charge in [-0.1, -0.05) is 37.6 Å². The van der Waals surface area contributed by atoms with Gasteiger partial charge < -0.3 is 4.90 Å². The average Bonchev–Trinajstić information content (AvgIpc) is 3.02. The summed E-state index contributed by atoms with van der Waals surface area (Å²) in [5.41, 5.74) is 0.202. The molecule has 2 aliphatic rings. The topological polar surface area (TPSA) is 69.7 Å². The maximum absolute atomic E-state index is 13.3. The summed E-state index contributed by atoms with van der Waals surface area (Å²) in [7, 11) is -3.65. The van der Waals surface area contributed by atoms with Gasteiger partial charge in [-0.25, -0.2) is 12.8 Å². The zero-order chi connectivity index (χ0) is 23.1. The fraction of sp³-hybridized carbons (Fsp3) is 0.435. The second kappa shape index (κ2) is 8.74. The predicted octanol–water partition coefficient (Wildman–Crippen LogP) is 3.62. The Morgan fingerprint density at radius 3 is 2.25 bits per heavy atom. The van der Waals surface area contributed by atoms with Crippen molar-refractivity contribution in [3.63, 3.8) is 0 Å². The number of nitrogens with zero attached hydrogens (tertiary/aromatic N) is 2. The molecule has 2 aromatic rings. The molecule has 0 aromatic heterocycles. The third-order valence-electron chi connectivity index (χ3n) is 6.39. The van der Waals surface area contributed by atoms with Crippen molar-refractivity contribution in [1.29, 1.82) is 0 Å². The van der Waals surface area contributed by atoms with E-state index in [0.29, 0.717) is 24.4 Å². The largest absolute Gasteiger partial charge is 0.319 e. The van der Waals surface area contributed by atoms with Crippen LogP contribution in [0.5, 0.6) is 0 Å². The highest BCUT2D eigenvalue weighted by atomic mass is 35.5. The van der Waals surface area contributed by atoms with Gasteiger partial charge in [0.05, 0.1) is 16.6 Å². The number of rotatable bonds is 5. The van der Waals surface area contributed by atoms with Crippen LogP contribution in [0, 0.1) is 11.7 Å². The van der Waals surface area contributed by atoms with Crippen LogP contribution >= 0.6 is 11.6 Å². The number of sulfonamides is 1. The molecule has 32 heavy (non-hydrogen) atoms. The Balaban J connectivity index is 1.56. The van der Waals surface area contributed by atoms with E-state index in [0.717, 1.165) is 5.56 Å². The SMILES string of the molecule is CC(C)C1NC2(CCN(S(=O)(=O)c3ccc(Cl)cc3)CC2)N(Cc2ccc(F)cc2)C1=O. The van der Waals surface area contributed by atoms with E-state index in [1.54, 1.807) is 24.3 Å². The highest BCUT2D eigenvalue weighted by molar-refractivity contribution is 7.89. The molecular formula is C23H27ClFN3O3S. The molecule has 1 spiro atoms. The number of piperidine rings is 1. The van der Waals surface area contributed by atoms with Crippen molar-refractivity contribution < 1.29 is 17.6 Å². The van der Waals surface area contributed by atoms with Crippen LogP contribution in [0.4, 0.5) is 4.39 Å². The summed E-state index contributed by atoms with van der Waals surface area (Å²) in [5, 5.41) is 4.00. The fourth-order valence-corrected chi connectivity index (χ4v) is 6.10. The van der Waals surface area contributed by atoms with Gasteiger partial charge in [-0.2, -0.15) is 4.31 Å². The Kier molecular flexibility index (Phi) is 6.33. The molecule has 0 saturated carbocycles. The zero-order valence-electron chi connectivity index (χ0n) is 18.1. The molecule has 1 unspecified atom stereocenters. The zero-order valence-corrected chi connectivity index (χ0v) is 19.7. The van der Waals surface area contributed by atoms with Gasteiger partial charge in [0.1, 0.15) is 5.82 Å². The first-order valence-electron chi connectivity index (χ1n) is 10.7. The minimum atomic E-state index is -3.65. The van der Waals surface area contributed by atoms with Crippen molar-refractivity contribution in [1.82, 2.24) is 14.5 Å². The number of hydrogen-bond acceptors (Lipinski definition) is 4. The van der Waals surface area contributed by atoms with Gasteiger partial charge >= 0.3 is 0 Å². The molecule has 1 N–H and O–H groups in total. The average molecular weight is 480 g/mol. The van der Waals surface area contributed by atoms with E-state index in [1.165, 1.54) is 28.6 Å². The molecule has 9 heteroatoms. The minimum absolute atomic E-state index is 0.00154. The summed E-state index contributed by atoms with van der Waals surface area (Å²) in [6.45, 7) is 4.90. The maximum Gasteiger partial charge on any atom is 0.243 e. The molecule has 2 fully saturated rings. The van der Waals surface area contributed by atoms with Gasteiger partial charge in [0.15, 0.2) is 0 Å². The second-order valence-electron chi connectivity index (χ2n) is 8.81. The summed E-state index contributed by atoms with van der Waals surface area (Å²) in [5.74, 6) is -0.234. The molecule has 4 rings (SSSR count). The van der Waals surface area contributed by atoms with Crippen LogP contribution in [0.2, 0.25) is 5.02 Å². The molecule has 2 heterocycles. The van der Waals surface area contributed by atoms with E-state index in [2.05, 4.69) is 5.32 Å². The van der Waals surface area contributed by atoms with Crippen LogP contribution in [0.3, 0.4) is 0 Å². The summed E-state index contributed by atoms with van der Waals surface area (Å²) in [4.78, 5) is 15.3. The number of carbonyl (C=O) groups excluding carboxylic acids is 1. The van der Waals surface area contributed by atoms with E-state index in [9.17, 15) is 17.6 Å². The van der Waals surface area contributed by atoms with Crippen molar-refractivity contribution in [3.8, 4) is 0 Å². The van der Waals surface area contributed by atoms with Crippen LogP contribution in [0.25, 0.3) is 0 Å². The van der Waals surface area contributed by atoms with E-state index in [-0.39, 0.29) is 41.7 Å². The minimum Gasteiger partial charge on any atom is -0.319 e. The molecule has 2 saturated heterocycles. The third-order valence-corrected chi connectivity index (χ3v) is 8.56. The van der Waals surface area contributed by atoms with Gasteiger partial charge in [0.2, 0.25) is 15.9 Å². The molecule has 2 aromatic carbocycles. The predicted molar refractivity (Wildman–Crippen MR) is 121 cm³/mol. The fourth-order valence-electron chi connectivity index (χ4n) is 4.53. The maximum atomic E-state index is 13.3. The number of benzene rings is 2. The van der Waals surface area contributed by atoms with Crippen LogP contribution in [-0.2, 0) is 21.4 Å². The highest BCUT2D eigenvalue weighted by Crippen LogP contribution is 2.37. The number of amides is 1. The third kappa shape index (κ3) is 4.29. The molecular weight excluding hydrogens is 453 g/mol. The Morgan fingerprint density at radius 1 is 1.09 bits per heavy atom. The molecule has 0 bridgehead atoms. The molecule has 6 nitrogen and oxygen atoms in total. The van der Waals surface area contributed by atoms with Gasteiger partial charge in [0.25, 0.3) is 0 Å². The second-order valence-corrected chi connectivity index (χ2v) is 11.2. The van der Waals surface area contributed by atoms with E-state index in [4.69, 9.17) is 11.6 Å². The number of nitrogens with one attached hydrogen (secondary N) is 1. The number of halogens is 2. The van der Waals surface area contributed by atoms with Crippen LogP contribution < -0.4 is 5.32 Å². The van der Waals surface area contributed by atoms with Crippen LogP contribution in [0.1, 0.15) is 32.3 Å². The van der Waals surface area contributed by atoms with Crippen molar-refractivity contribution in [2.24, 2.45) is 5.92 Å². The quantitative estimate of drug-likeness (QED) is 0.711. The Labute approximate surface area is 193 Å². The molecule has 1 atom stereocenters. The molecule has 2 aliphatic heterocycles. The molecule has 1 amide bonds. The smallest absolute Gasteiger partial charge is 0.243 e. The van der Waals surface area contributed by atoms with Crippen molar-refractivity contribution in [2.45, 2.75) is 49.8 Å². The standard InChI is InChI=1S/C23H27ClFN3O3S/c1-16(2)21-22(29)28(15-17-3-7-19(25)8-4-17)23(26-21)11-13-27(14-12-23)32(30,31)20-9-5-18(24)6-10-20/h3-10,16,21,26H,11-15H2,1-2H3. The van der Waals surface area contributed by atoms with Gasteiger partial charge in [-0.05, 0) is 60.7 Å². The van der Waals surface area contributed by atoms with Crippen molar-refractivity contribution in [2.75, 3.05) is 13.1 Å². The van der Waals surface area contributed by atoms with Crippen molar-refractivity contribution >= 4 is 27.5 Å². The summed E-state index contributed by atoms with van der Waals surface area (Å²) < 4.78 is 41.0. The van der Waals surface area contributed by atoms with Crippen molar-refractivity contribution in [3.05, 3.63) is 64.9 Å². The monoisotopic (exact) mass is 479 g/mol. The number of hydrogen-bond donors (Lipinski definition) is 1. The summed E-state index contributed by atoms with van der Waals surface area (Å²) >= 11 is 5.90. The number of carbonyl (C=O) groups is 1. The molecule has 0 aliphatic carbocycles. The van der Waals surface area contributed by atoms with Gasteiger partial charge in [-0.15, -0.1) is 0 Å². The van der Waals surface area contributed by atoms with Crippen LogP contribution in [-0.4, -0.2) is 48.3 Å². The Bertz CT molecular complexity index is 1080. The lowest BCUT2D eigenvalue weighted by atomic mass is 9.96. The highest BCUT2D eigenvalue weighted by Gasteiger charge is 2.53. The molecule has 172 valence electrons. The first-order valence-corrected chi connectivity index (χ1v) is 12.5. The first kappa shape index (κ1) is 23.2. The Morgan fingerprint density at radius 2 is 1.69 bits per heavy atom. The van der Waals surface area contributed by atoms with E-state index >= 15 is 0 Å². The molecule has 0 radical (unpaired) electrons. The summed E-state index contributed by atoms with van der Waals surface area (Å²) in [6, 6.07) is 11.9. The Hall–Kier alpha value is -2.00. The first-order chi connectivity index (χ1) is 15.1.